The van der Waals surface area contributed by atoms with Crippen LogP contribution in [0.25, 0.3) is 5.95 Å². The first-order valence-corrected chi connectivity index (χ1v) is 3.59. The second kappa shape index (κ2) is 2.77. The van der Waals surface area contributed by atoms with Crippen LogP contribution in [0.15, 0.2) is 12.7 Å². The molecule has 0 bridgehead atoms. The maximum atomic E-state index is 5.44. The van der Waals surface area contributed by atoms with E-state index in [1.165, 1.54) is 17.3 Å². The molecule has 66 valence electrons. The first-order chi connectivity index (χ1) is 6.25. The molecule has 0 aliphatic carbocycles. The Morgan fingerprint density at radius 1 is 1.31 bits per heavy atom. The smallest absolute Gasteiger partial charge is 0.257 e. The van der Waals surface area contributed by atoms with Gasteiger partial charge in [-0.25, -0.2) is 4.98 Å². The number of anilines is 1. The van der Waals surface area contributed by atoms with E-state index in [9.17, 15) is 0 Å². The summed E-state index contributed by atoms with van der Waals surface area (Å²) in [6.07, 6.45) is 2.89. The molecule has 0 aliphatic rings. The highest BCUT2D eigenvalue weighted by Crippen LogP contribution is 1.99. The van der Waals surface area contributed by atoms with Gasteiger partial charge in [-0.15, -0.1) is 0 Å². The van der Waals surface area contributed by atoms with E-state index in [1.54, 1.807) is 6.92 Å². The molecule has 0 spiro atoms. The molecule has 2 N–H and O–H groups in total. The SMILES string of the molecule is Cc1nc(N)nc(-n2cncn2)n1. The fourth-order valence-electron chi connectivity index (χ4n) is 0.902. The van der Waals surface area contributed by atoms with Crippen LogP contribution in [0.4, 0.5) is 5.95 Å². The summed E-state index contributed by atoms with van der Waals surface area (Å²) in [5.41, 5.74) is 5.44. The lowest BCUT2D eigenvalue weighted by atomic mass is 10.7. The van der Waals surface area contributed by atoms with Crippen molar-refractivity contribution in [3.05, 3.63) is 18.5 Å². The van der Waals surface area contributed by atoms with E-state index in [0.29, 0.717) is 11.8 Å². The van der Waals surface area contributed by atoms with Gasteiger partial charge in [-0.3, -0.25) is 0 Å². The number of aryl methyl sites for hydroxylation is 1. The molecule has 0 aromatic carbocycles. The van der Waals surface area contributed by atoms with E-state index in [-0.39, 0.29) is 5.95 Å². The lowest BCUT2D eigenvalue weighted by Gasteiger charge is -1.99. The van der Waals surface area contributed by atoms with Gasteiger partial charge in [0.05, 0.1) is 0 Å². The van der Waals surface area contributed by atoms with Crippen LogP contribution in [0.1, 0.15) is 5.82 Å². The summed E-state index contributed by atoms with van der Waals surface area (Å²) in [4.78, 5) is 15.5. The number of aromatic nitrogens is 6. The maximum Gasteiger partial charge on any atom is 0.257 e. The molecule has 2 aromatic heterocycles. The minimum atomic E-state index is 0.179. The second-order valence-corrected chi connectivity index (χ2v) is 2.38. The highest BCUT2D eigenvalue weighted by molar-refractivity contribution is 5.21. The highest BCUT2D eigenvalue weighted by Gasteiger charge is 2.02. The van der Waals surface area contributed by atoms with E-state index in [4.69, 9.17) is 5.73 Å². The average molecular weight is 177 g/mol. The topological polar surface area (TPSA) is 95.4 Å². The zero-order chi connectivity index (χ0) is 9.26. The Morgan fingerprint density at radius 3 is 2.77 bits per heavy atom. The van der Waals surface area contributed by atoms with Gasteiger partial charge in [0.15, 0.2) is 0 Å². The first kappa shape index (κ1) is 7.59. The van der Waals surface area contributed by atoms with Crippen LogP contribution in [0.5, 0.6) is 0 Å². The van der Waals surface area contributed by atoms with E-state index in [1.807, 2.05) is 0 Å². The Kier molecular flexibility index (Phi) is 1.62. The third-order valence-corrected chi connectivity index (χ3v) is 1.38. The van der Waals surface area contributed by atoms with Gasteiger partial charge in [-0.1, -0.05) is 0 Å². The van der Waals surface area contributed by atoms with Crippen molar-refractivity contribution in [2.75, 3.05) is 5.73 Å². The fourth-order valence-corrected chi connectivity index (χ4v) is 0.902. The molecule has 0 amide bonds. The van der Waals surface area contributed by atoms with Crippen molar-refractivity contribution in [3.63, 3.8) is 0 Å². The zero-order valence-electron chi connectivity index (χ0n) is 6.92. The number of hydrogen-bond donors (Lipinski definition) is 1. The number of rotatable bonds is 1. The lowest BCUT2D eigenvalue weighted by Crippen LogP contribution is -2.07. The molecule has 0 fully saturated rings. The number of nitrogens with zero attached hydrogens (tertiary/aromatic N) is 6. The Hall–Kier alpha value is -2.05. The molecule has 13 heavy (non-hydrogen) atoms. The molecule has 7 heteroatoms. The summed E-state index contributed by atoms with van der Waals surface area (Å²) in [6, 6.07) is 0. The monoisotopic (exact) mass is 177 g/mol. The molecule has 0 atom stereocenters. The van der Waals surface area contributed by atoms with Crippen LogP contribution in [0, 0.1) is 6.92 Å². The molecule has 0 saturated carbocycles. The molecule has 2 rings (SSSR count). The first-order valence-electron chi connectivity index (χ1n) is 3.59. The second-order valence-electron chi connectivity index (χ2n) is 2.38. The summed E-state index contributed by atoms with van der Waals surface area (Å²) >= 11 is 0. The predicted octanol–water partition coefficient (Wildman–Crippen LogP) is -0.657. The Labute approximate surface area is 73.7 Å². The van der Waals surface area contributed by atoms with Gasteiger partial charge in [0.2, 0.25) is 5.95 Å². The van der Waals surface area contributed by atoms with Gasteiger partial charge in [-0.2, -0.15) is 24.7 Å². The number of hydrogen-bond acceptors (Lipinski definition) is 6. The summed E-state index contributed by atoms with van der Waals surface area (Å²) in [6.45, 7) is 1.73. The summed E-state index contributed by atoms with van der Waals surface area (Å²) in [5, 5.41) is 3.87. The highest BCUT2D eigenvalue weighted by atomic mass is 15.4. The molecular weight excluding hydrogens is 170 g/mol. The number of nitrogen functional groups attached to an aromatic ring is 1. The molecule has 2 heterocycles. The fraction of sp³-hybridized carbons (Fsp3) is 0.167. The van der Waals surface area contributed by atoms with Gasteiger partial charge in [0.25, 0.3) is 5.95 Å². The molecular formula is C6H7N7. The molecule has 7 nitrogen and oxygen atoms in total. The maximum absolute atomic E-state index is 5.44. The van der Waals surface area contributed by atoms with Gasteiger partial charge in [-0.05, 0) is 6.92 Å². The van der Waals surface area contributed by atoms with E-state index < -0.39 is 0 Å². The van der Waals surface area contributed by atoms with Crippen LogP contribution < -0.4 is 5.73 Å². The van der Waals surface area contributed by atoms with Crippen molar-refractivity contribution in [1.82, 2.24) is 29.7 Å². The minimum absolute atomic E-state index is 0.179. The van der Waals surface area contributed by atoms with Crippen molar-refractivity contribution in [3.8, 4) is 5.95 Å². The molecule has 0 unspecified atom stereocenters. The van der Waals surface area contributed by atoms with Gasteiger partial charge >= 0.3 is 0 Å². The molecule has 0 aliphatic heterocycles. The van der Waals surface area contributed by atoms with E-state index in [0.717, 1.165) is 0 Å². The van der Waals surface area contributed by atoms with Crippen LogP contribution in [-0.4, -0.2) is 29.7 Å². The van der Waals surface area contributed by atoms with Crippen molar-refractivity contribution in [2.24, 2.45) is 0 Å². The zero-order valence-corrected chi connectivity index (χ0v) is 6.92. The van der Waals surface area contributed by atoms with Crippen LogP contribution in [0.3, 0.4) is 0 Å². The summed E-state index contributed by atoms with van der Waals surface area (Å²) in [5.74, 6) is 1.11. The summed E-state index contributed by atoms with van der Waals surface area (Å²) < 4.78 is 1.42. The van der Waals surface area contributed by atoms with Gasteiger partial charge in [0.1, 0.15) is 18.5 Å². The van der Waals surface area contributed by atoms with Crippen molar-refractivity contribution < 1.29 is 0 Å². The largest absolute Gasteiger partial charge is 0.368 e. The molecule has 0 saturated heterocycles. The van der Waals surface area contributed by atoms with Crippen molar-refractivity contribution >= 4 is 5.95 Å². The van der Waals surface area contributed by atoms with Crippen molar-refractivity contribution in [1.29, 1.82) is 0 Å². The number of nitrogens with two attached hydrogens (primary N) is 1. The molecule has 2 aromatic rings. The van der Waals surface area contributed by atoms with Crippen LogP contribution in [-0.2, 0) is 0 Å². The third-order valence-electron chi connectivity index (χ3n) is 1.38. The van der Waals surface area contributed by atoms with E-state index >= 15 is 0 Å². The normalized spacial score (nSPS) is 10.2. The standard InChI is InChI=1S/C6H7N7/c1-4-10-5(7)12-6(11-4)13-3-8-2-9-13/h2-3H,1H3,(H2,7,10,11,12). The quantitative estimate of drug-likeness (QED) is 0.621. The Bertz CT molecular complexity index is 387. The minimum Gasteiger partial charge on any atom is -0.368 e. The Morgan fingerprint density at radius 2 is 2.15 bits per heavy atom. The van der Waals surface area contributed by atoms with Gasteiger partial charge in [0, 0.05) is 0 Å². The van der Waals surface area contributed by atoms with Gasteiger partial charge < -0.3 is 5.73 Å². The predicted molar refractivity (Wildman–Crippen MR) is 43.9 cm³/mol. The summed E-state index contributed by atoms with van der Waals surface area (Å²) in [7, 11) is 0. The van der Waals surface area contributed by atoms with Crippen LogP contribution in [0.2, 0.25) is 0 Å². The molecule has 0 radical (unpaired) electrons. The van der Waals surface area contributed by atoms with Crippen molar-refractivity contribution in [2.45, 2.75) is 6.92 Å². The van der Waals surface area contributed by atoms with E-state index in [2.05, 4.69) is 25.0 Å². The van der Waals surface area contributed by atoms with Crippen LogP contribution >= 0.6 is 0 Å². The third kappa shape index (κ3) is 1.43. The lowest BCUT2D eigenvalue weighted by molar-refractivity contribution is 0.785. The average Bonchev–Trinajstić information content (AvgIpc) is 2.53. The Balaban J connectivity index is 2.53.